The number of rotatable bonds is 41. The zero-order valence-corrected chi connectivity index (χ0v) is 40.2. The smallest absolute Gasteiger partial charge is 0.220 e. The summed E-state index contributed by atoms with van der Waals surface area (Å²) in [5.74, 6) is -0.232. The van der Waals surface area contributed by atoms with E-state index in [4.69, 9.17) is 9.47 Å². The molecular formula is C55H93NO8. The second-order valence-corrected chi connectivity index (χ2v) is 17.2. The van der Waals surface area contributed by atoms with Crippen LogP contribution in [-0.2, 0) is 14.3 Å². The average Bonchev–Trinajstić information content (AvgIpc) is 3.29. The molecular weight excluding hydrogens is 803 g/mol. The van der Waals surface area contributed by atoms with E-state index in [0.717, 1.165) is 70.6 Å². The maximum Gasteiger partial charge on any atom is 0.220 e. The van der Waals surface area contributed by atoms with Crippen LogP contribution < -0.4 is 5.32 Å². The lowest BCUT2D eigenvalue weighted by Gasteiger charge is -2.40. The van der Waals surface area contributed by atoms with Gasteiger partial charge in [0, 0.05) is 6.42 Å². The summed E-state index contributed by atoms with van der Waals surface area (Å²) in [6.45, 7) is 3.61. The van der Waals surface area contributed by atoms with Crippen LogP contribution in [0.3, 0.4) is 0 Å². The SMILES string of the molecule is CC/C=C\C/C=C\C/C=C\C/C=C\C/C=C\C/C=C\CCCCC(=O)NC(COC1OC(CO)C(O)C(O)C1O)C(O)/C=C/CC/C=C/CCCCCCCCCCCCCCCC. The molecule has 1 aliphatic rings. The quantitative estimate of drug-likeness (QED) is 0.0262. The van der Waals surface area contributed by atoms with Crippen LogP contribution in [0, 0.1) is 0 Å². The van der Waals surface area contributed by atoms with Crippen molar-refractivity contribution in [3.8, 4) is 0 Å². The van der Waals surface area contributed by atoms with Gasteiger partial charge in [-0.05, 0) is 83.5 Å². The Bertz CT molecular complexity index is 1320. The molecule has 0 aromatic rings. The highest BCUT2D eigenvalue weighted by atomic mass is 16.7. The molecule has 0 aromatic carbocycles. The number of hydrogen-bond acceptors (Lipinski definition) is 8. The van der Waals surface area contributed by atoms with Crippen LogP contribution in [0.2, 0.25) is 0 Å². The van der Waals surface area contributed by atoms with E-state index in [0.29, 0.717) is 6.42 Å². The highest BCUT2D eigenvalue weighted by molar-refractivity contribution is 5.76. The largest absolute Gasteiger partial charge is 0.394 e. The van der Waals surface area contributed by atoms with Gasteiger partial charge in [-0.3, -0.25) is 4.79 Å². The Labute approximate surface area is 390 Å². The zero-order valence-electron chi connectivity index (χ0n) is 40.2. The van der Waals surface area contributed by atoms with Crippen molar-refractivity contribution < 1.29 is 39.8 Å². The summed E-state index contributed by atoms with van der Waals surface area (Å²) in [7, 11) is 0. The number of aliphatic hydroxyl groups is 5. The number of nitrogens with one attached hydrogen (secondary N) is 1. The van der Waals surface area contributed by atoms with Gasteiger partial charge in [0.05, 0.1) is 25.4 Å². The third kappa shape index (κ3) is 33.6. The first kappa shape index (κ1) is 59.1. The number of allylic oxidation sites excluding steroid dienone is 15. The monoisotopic (exact) mass is 896 g/mol. The maximum atomic E-state index is 13.0. The molecule has 0 aliphatic carbocycles. The van der Waals surface area contributed by atoms with Gasteiger partial charge in [-0.25, -0.2) is 0 Å². The number of carbonyl (C=O) groups excluding carboxylic acids is 1. The third-order valence-corrected chi connectivity index (χ3v) is 11.4. The van der Waals surface area contributed by atoms with Crippen molar-refractivity contribution in [3.05, 3.63) is 97.2 Å². The Morgan fingerprint density at radius 2 is 0.984 bits per heavy atom. The van der Waals surface area contributed by atoms with Crippen LogP contribution >= 0.6 is 0 Å². The van der Waals surface area contributed by atoms with E-state index < -0.39 is 49.5 Å². The molecule has 0 aromatic heterocycles. The van der Waals surface area contributed by atoms with Crippen LogP contribution in [-0.4, -0.2) is 87.5 Å². The molecule has 1 fully saturated rings. The van der Waals surface area contributed by atoms with Gasteiger partial charge < -0.3 is 40.3 Å². The van der Waals surface area contributed by atoms with Gasteiger partial charge >= 0.3 is 0 Å². The number of ether oxygens (including phenoxy) is 2. The first-order valence-corrected chi connectivity index (χ1v) is 25.5. The van der Waals surface area contributed by atoms with E-state index in [1.54, 1.807) is 6.08 Å². The molecule has 1 heterocycles. The molecule has 1 aliphatic heterocycles. The Morgan fingerprint density at radius 3 is 1.50 bits per heavy atom. The Morgan fingerprint density at radius 1 is 0.547 bits per heavy atom. The molecule has 0 spiro atoms. The number of unbranched alkanes of at least 4 members (excludes halogenated alkanes) is 17. The minimum absolute atomic E-state index is 0.225. The van der Waals surface area contributed by atoms with Crippen molar-refractivity contribution in [2.24, 2.45) is 0 Å². The fraction of sp³-hybridized carbons (Fsp3) is 0.691. The van der Waals surface area contributed by atoms with Crippen LogP contribution in [0.15, 0.2) is 97.2 Å². The fourth-order valence-corrected chi connectivity index (χ4v) is 7.35. The van der Waals surface area contributed by atoms with Crippen molar-refractivity contribution in [2.75, 3.05) is 13.2 Å². The van der Waals surface area contributed by atoms with E-state index in [-0.39, 0.29) is 18.9 Å². The van der Waals surface area contributed by atoms with Gasteiger partial charge in [-0.1, -0.05) is 195 Å². The molecule has 9 nitrogen and oxygen atoms in total. The van der Waals surface area contributed by atoms with E-state index in [1.807, 2.05) is 6.08 Å². The Hall–Kier alpha value is -2.89. The van der Waals surface area contributed by atoms with Crippen LogP contribution in [0.5, 0.6) is 0 Å². The normalized spacial score (nSPS) is 20.9. The summed E-state index contributed by atoms with van der Waals surface area (Å²) < 4.78 is 11.2. The minimum atomic E-state index is -1.59. The standard InChI is InChI=1S/C55H93NO8/c1-3-5-7-9-11-13-15-17-19-21-23-25-27-29-31-33-35-37-39-41-43-45-51(59)56-48(47-63-55-54(62)53(61)52(60)50(46-57)64-55)49(58)44-42-40-38-36-34-32-30-28-26-24-22-20-18-16-14-12-10-8-6-4-2/h5,7,11,13,17,19,23,25,29,31,34-37,42,44,48-50,52-55,57-58,60-62H,3-4,6,8-10,12,14-16,18,20-22,24,26-28,30,32-33,38-41,43,45-47H2,1-2H3,(H,56,59)/b7-5-,13-11-,19-17-,25-23-,31-29-,36-34+,37-35-,44-42+. The molecule has 0 bridgehead atoms. The van der Waals surface area contributed by atoms with Crippen LogP contribution in [0.1, 0.15) is 187 Å². The van der Waals surface area contributed by atoms with E-state index in [2.05, 4.69) is 104 Å². The molecule has 7 atom stereocenters. The summed E-state index contributed by atoms with van der Waals surface area (Å²) in [5.41, 5.74) is 0. The number of carbonyl (C=O) groups is 1. The van der Waals surface area contributed by atoms with E-state index in [1.165, 1.54) is 89.9 Å². The topological polar surface area (TPSA) is 149 Å². The highest BCUT2D eigenvalue weighted by Gasteiger charge is 2.44. The number of hydrogen-bond donors (Lipinski definition) is 6. The minimum Gasteiger partial charge on any atom is -0.394 e. The molecule has 0 radical (unpaired) electrons. The van der Waals surface area contributed by atoms with Gasteiger partial charge in [0.15, 0.2) is 6.29 Å². The predicted molar refractivity (Wildman–Crippen MR) is 267 cm³/mol. The number of amides is 1. The first-order chi connectivity index (χ1) is 31.3. The van der Waals surface area contributed by atoms with E-state index in [9.17, 15) is 30.3 Å². The molecule has 1 rings (SSSR count). The second-order valence-electron chi connectivity index (χ2n) is 17.2. The predicted octanol–water partition coefficient (Wildman–Crippen LogP) is 11.7. The molecule has 64 heavy (non-hydrogen) atoms. The molecule has 1 saturated heterocycles. The molecule has 7 unspecified atom stereocenters. The van der Waals surface area contributed by atoms with Gasteiger partial charge in [0.1, 0.15) is 24.4 Å². The second kappa shape index (κ2) is 44.0. The molecule has 9 heteroatoms. The van der Waals surface area contributed by atoms with Gasteiger partial charge in [-0.15, -0.1) is 0 Å². The van der Waals surface area contributed by atoms with Crippen molar-refractivity contribution in [2.45, 2.75) is 230 Å². The summed E-state index contributed by atoms with van der Waals surface area (Å²) in [6.07, 6.45) is 56.0. The van der Waals surface area contributed by atoms with Crippen molar-refractivity contribution in [1.29, 1.82) is 0 Å². The maximum absolute atomic E-state index is 13.0. The Kier molecular flexibility index (Phi) is 40.6. The zero-order chi connectivity index (χ0) is 46.6. The van der Waals surface area contributed by atoms with Gasteiger partial charge in [0.25, 0.3) is 0 Å². The molecule has 0 saturated carbocycles. The lowest BCUT2D eigenvalue weighted by Crippen LogP contribution is -2.60. The number of aliphatic hydroxyl groups excluding tert-OH is 5. The van der Waals surface area contributed by atoms with Crippen molar-refractivity contribution in [3.63, 3.8) is 0 Å². The molecule has 1 amide bonds. The van der Waals surface area contributed by atoms with Crippen molar-refractivity contribution in [1.82, 2.24) is 5.32 Å². The first-order valence-electron chi connectivity index (χ1n) is 25.5. The fourth-order valence-electron chi connectivity index (χ4n) is 7.35. The average molecular weight is 896 g/mol. The highest BCUT2D eigenvalue weighted by Crippen LogP contribution is 2.22. The Balaban J connectivity index is 2.38. The lowest BCUT2D eigenvalue weighted by molar-refractivity contribution is -0.302. The summed E-state index contributed by atoms with van der Waals surface area (Å²) in [6, 6.07) is -0.852. The molecule has 6 N–H and O–H groups in total. The summed E-state index contributed by atoms with van der Waals surface area (Å²) >= 11 is 0. The van der Waals surface area contributed by atoms with Gasteiger partial charge in [-0.2, -0.15) is 0 Å². The summed E-state index contributed by atoms with van der Waals surface area (Å²) in [5, 5.41) is 54.3. The lowest BCUT2D eigenvalue weighted by atomic mass is 9.99. The van der Waals surface area contributed by atoms with Gasteiger partial charge in [0.2, 0.25) is 5.91 Å². The summed E-state index contributed by atoms with van der Waals surface area (Å²) in [4.78, 5) is 13.0. The van der Waals surface area contributed by atoms with Crippen LogP contribution in [0.4, 0.5) is 0 Å². The van der Waals surface area contributed by atoms with E-state index >= 15 is 0 Å². The van der Waals surface area contributed by atoms with Crippen LogP contribution in [0.25, 0.3) is 0 Å². The third-order valence-electron chi connectivity index (χ3n) is 11.4. The molecule has 366 valence electrons. The van der Waals surface area contributed by atoms with Crippen molar-refractivity contribution >= 4 is 5.91 Å².